The van der Waals surface area contributed by atoms with Crippen molar-refractivity contribution in [2.45, 2.75) is 82.9 Å². The van der Waals surface area contributed by atoms with Crippen LogP contribution in [0.25, 0.3) is 0 Å². The highest BCUT2D eigenvalue weighted by molar-refractivity contribution is 6.31. The Morgan fingerprint density at radius 3 is 2.10 bits per heavy atom. The van der Waals surface area contributed by atoms with Crippen LogP contribution in [0.15, 0.2) is 42.5 Å². The number of nitrogens with zero attached hydrogens (tertiary/aromatic N) is 1. The van der Waals surface area contributed by atoms with Crippen LogP contribution in [0.1, 0.15) is 69.2 Å². The van der Waals surface area contributed by atoms with Crippen molar-refractivity contribution in [3.63, 3.8) is 0 Å². The predicted octanol–water partition coefficient (Wildman–Crippen LogP) is 4.93. The van der Waals surface area contributed by atoms with Crippen LogP contribution >= 0.6 is 11.6 Å². The lowest BCUT2D eigenvalue weighted by Crippen LogP contribution is -2.59. The lowest BCUT2D eigenvalue weighted by Gasteiger charge is -2.45. The third-order valence-corrected chi connectivity index (χ3v) is 8.01. The summed E-state index contributed by atoms with van der Waals surface area (Å²) in [5.74, 6) is -1.66. The molecule has 2 aliphatic heterocycles. The van der Waals surface area contributed by atoms with E-state index in [9.17, 15) is 14.4 Å². The summed E-state index contributed by atoms with van der Waals surface area (Å²) in [5, 5.41) is 0.609. The molecule has 2 aromatic rings. The fourth-order valence-corrected chi connectivity index (χ4v) is 5.92. The van der Waals surface area contributed by atoms with Crippen LogP contribution < -0.4 is 4.90 Å². The van der Waals surface area contributed by atoms with E-state index in [1.54, 1.807) is 6.07 Å². The van der Waals surface area contributed by atoms with Crippen molar-refractivity contribution in [3.05, 3.63) is 64.2 Å². The molecule has 0 N–H and O–H groups in total. The third-order valence-electron chi connectivity index (χ3n) is 7.64. The first-order valence-corrected chi connectivity index (χ1v) is 13.8. The van der Waals surface area contributed by atoms with E-state index in [-0.39, 0.29) is 0 Å². The first kappa shape index (κ1) is 27.5. The summed E-state index contributed by atoms with van der Waals surface area (Å²) in [6, 6.07) is 14.1. The molecule has 2 heterocycles. The normalized spacial score (nSPS) is 25.3. The molecule has 5 rings (SSSR count). The Morgan fingerprint density at radius 2 is 1.51 bits per heavy atom. The molecule has 0 amide bonds. The lowest BCUT2D eigenvalue weighted by atomic mass is 9.88. The molecule has 0 aromatic heterocycles. The molecule has 208 valence electrons. The fraction of sp³-hybridized carbons (Fsp3) is 0.500. The highest BCUT2D eigenvalue weighted by Crippen LogP contribution is 2.54. The van der Waals surface area contributed by atoms with Gasteiger partial charge < -0.3 is 23.8 Å². The molecule has 0 unspecified atom stereocenters. The molecule has 1 aliphatic carbocycles. The van der Waals surface area contributed by atoms with E-state index in [1.165, 1.54) is 39.3 Å². The number of anilines is 1. The third kappa shape index (κ3) is 6.07. The fourth-order valence-electron chi connectivity index (χ4n) is 5.74. The van der Waals surface area contributed by atoms with Crippen LogP contribution in [-0.4, -0.2) is 54.9 Å². The molecule has 4 atom stereocenters. The first-order chi connectivity index (χ1) is 18.6. The Kier molecular flexibility index (Phi) is 7.87. The summed E-state index contributed by atoms with van der Waals surface area (Å²) in [6.45, 7) is 6.02. The van der Waals surface area contributed by atoms with Gasteiger partial charge in [-0.2, -0.15) is 0 Å². The Morgan fingerprint density at radius 1 is 0.897 bits per heavy atom. The average molecular weight is 556 g/mol. The maximum absolute atomic E-state index is 12.2. The molecule has 2 aromatic carbocycles. The van der Waals surface area contributed by atoms with Gasteiger partial charge in [0.1, 0.15) is 11.7 Å². The Labute approximate surface area is 233 Å². The molecule has 3 fully saturated rings. The van der Waals surface area contributed by atoms with E-state index < -0.39 is 47.9 Å². The Hall–Kier alpha value is -3.10. The molecule has 8 nitrogen and oxygen atoms in total. The summed E-state index contributed by atoms with van der Waals surface area (Å²) >= 11 is 6.63. The van der Waals surface area contributed by atoms with Crippen molar-refractivity contribution in [2.75, 3.05) is 18.0 Å². The van der Waals surface area contributed by atoms with Gasteiger partial charge in [-0.25, -0.2) is 0 Å². The van der Waals surface area contributed by atoms with Gasteiger partial charge in [0.15, 0.2) is 18.3 Å². The summed E-state index contributed by atoms with van der Waals surface area (Å²) in [6.07, 6.45) is 0.621. The van der Waals surface area contributed by atoms with Crippen LogP contribution in [0.2, 0.25) is 5.02 Å². The maximum atomic E-state index is 12.2. The van der Waals surface area contributed by atoms with Crippen molar-refractivity contribution in [2.24, 2.45) is 0 Å². The minimum atomic E-state index is -1.02. The number of rotatable bonds is 7. The molecular formula is C30H34ClNO7. The van der Waals surface area contributed by atoms with Gasteiger partial charge in [-0.1, -0.05) is 35.9 Å². The standard InChI is InChI=1S/C30H34ClNO7/c1-18(33)36-27-26(39-30(12-13-30)29(38-20(3)35)28(27)37-19(2)34)22-8-11-25(31)23(17-22)16-21-6-9-24(10-7-21)32-14-4-5-15-32/h6-11,17,26-29H,4-5,12-16H2,1-3H3/t26-,27-,28+,29-/m0/s1. The molecular weight excluding hydrogens is 522 g/mol. The Balaban J connectivity index is 1.45. The van der Waals surface area contributed by atoms with Gasteiger partial charge >= 0.3 is 17.9 Å². The van der Waals surface area contributed by atoms with Gasteiger partial charge in [-0.15, -0.1) is 0 Å². The summed E-state index contributed by atoms with van der Waals surface area (Å²) < 4.78 is 23.5. The quantitative estimate of drug-likeness (QED) is 0.351. The average Bonchev–Trinajstić information content (AvgIpc) is 3.43. The topological polar surface area (TPSA) is 91.4 Å². The zero-order valence-corrected chi connectivity index (χ0v) is 23.2. The molecule has 2 saturated heterocycles. The smallest absolute Gasteiger partial charge is 0.303 e. The van der Waals surface area contributed by atoms with E-state index in [0.29, 0.717) is 24.3 Å². The number of carbonyl (C=O) groups excluding carboxylic acids is 3. The van der Waals surface area contributed by atoms with Crippen LogP contribution in [0.4, 0.5) is 5.69 Å². The lowest BCUT2D eigenvalue weighted by molar-refractivity contribution is -0.257. The molecule has 1 spiro atoms. The van der Waals surface area contributed by atoms with Crippen LogP contribution in [0.3, 0.4) is 0 Å². The van der Waals surface area contributed by atoms with Crippen molar-refractivity contribution >= 4 is 35.2 Å². The van der Waals surface area contributed by atoms with Gasteiger partial charge in [0.2, 0.25) is 0 Å². The predicted molar refractivity (Wildman–Crippen MR) is 145 cm³/mol. The first-order valence-electron chi connectivity index (χ1n) is 13.5. The number of carbonyl (C=O) groups is 3. The minimum Gasteiger partial charge on any atom is -0.455 e. The van der Waals surface area contributed by atoms with Crippen LogP contribution in [0, 0.1) is 0 Å². The van der Waals surface area contributed by atoms with Gasteiger partial charge in [0.25, 0.3) is 0 Å². The van der Waals surface area contributed by atoms with Crippen molar-refractivity contribution in [1.29, 1.82) is 0 Å². The van der Waals surface area contributed by atoms with E-state index in [2.05, 4.69) is 29.2 Å². The number of hydrogen-bond acceptors (Lipinski definition) is 8. The molecule has 3 aliphatic rings. The van der Waals surface area contributed by atoms with Crippen LogP contribution in [-0.2, 0) is 39.8 Å². The summed E-state index contributed by atoms with van der Waals surface area (Å²) in [7, 11) is 0. The summed E-state index contributed by atoms with van der Waals surface area (Å²) in [4.78, 5) is 38.6. The Bertz CT molecular complexity index is 1240. The highest BCUT2D eigenvalue weighted by Gasteiger charge is 2.65. The van der Waals surface area contributed by atoms with Crippen molar-refractivity contribution < 1.29 is 33.3 Å². The van der Waals surface area contributed by atoms with Gasteiger partial charge in [0, 0.05) is 44.6 Å². The second-order valence-electron chi connectivity index (χ2n) is 10.7. The van der Waals surface area contributed by atoms with Crippen molar-refractivity contribution in [3.8, 4) is 0 Å². The van der Waals surface area contributed by atoms with Crippen LogP contribution in [0.5, 0.6) is 0 Å². The number of hydrogen-bond donors (Lipinski definition) is 0. The second kappa shape index (κ2) is 11.2. The zero-order valence-electron chi connectivity index (χ0n) is 22.5. The number of halogens is 1. The van der Waals surface area contributed by atoms with E-state index >= 15 is 0 Å². The second-order valence-corrected chi connectivity index (χ2v) is 11.1. The van der Waals surface area contributed by atoms with E-state index in [1.807, 2.05) is 12.1 Å². The van der Waals surface area contributed by atoms with E-state index in [0.717, 1.165) is 29.8 Å². The van der Waals surface area contributed by atoms with Gasteiger partial charge in [0.05, 0.1) is 0 Å². The number of ether oxygens (including phenoxy) is 4. The van der Waals surface area contributed by atoms with Crippen molar-refractivity contribution in [1.82, 2.24) is 0 Å². The molecule has 39 heavy (non-hydrogen) atoms. The van der Waals surface area contributed by atoms with E-state index in [4.69, 9.17) is 30.5 Å². The largest absolute Gasteiger partial charge is 0.455 e. The molecule has 9 heteroatoms. The minimum absolute atomic E-state index is 0.531. The number of benzene rings is 2. The summed E-state index contributed by atoms with van der Waals surface area (Å²) in [5.41, 5.74) is 3.15. The molecule has 0 bridgehead atoms. The van der Waals surface area contributed by atoms with Gasteiger partial charge in [-0.3, -0.25) is 14.4 Å². The molecule has 0 radical (unpaired) electrons. The number of esters is 3. The van der Waals surface area contributed by atoms with Gasteiger partial charge in [-0.05, 0) is 67.0 Å². The monoisotopic (exact) mass is 555 g/mol. The SMILES string of the molecule is CC(=O)O[C@@H]1[C@@H](OC(C)=O)[C@H](OC(C)=O)C2(CC2)O[C@H]1c1ccc(Cl)c(Cc2ccc(N3CCCC3)cc2)c1. The maximum Gasteiger partial charge on any atom is 0.303 e. The zero-order chi connectivity index (χ0) is 27.7. The highest BCUT2D eigenvalue weighted by atomic mass is 35.5. The molecule has 1 saturated carbocycles.